The summed E-state index contributed by atoms with van der Waals surface area (Å²) in [4.78, 5) is 0. The van der Waals surface area contributed by atoms with Gasteiger partial charge in [-0.3, -0.25) is 0 Å². The maximum Gasteiger partial charge on any atom is 0.133 e. The second kappa shape index (κ2) is 7.32. The van der Waals surface area contributed by atoms with Gasteiger partial charge in [-0.05, 0) is 48.7 Å². The van der Waals surface area contributed by atoms with Crippen molar-refractivity contribution >= 4 is 0 Å². The van der Waals surface area contributed by atoms with E-state index in [0.717, 1.165) is 24.9 Å². The van der Waals surface area contributed by atoms with Crippen molar-refractivity contribution in [3.8, 4) is 11.1 Å². The van der Waals surface area contributed by atoms with Crippen LogP contribution in [-0.2, 0) is 0 Å². The van der Waals surface area contributed by atoms with Gasteiger partial charge in [0.2, 0.25) is 0 Å². The molecule has 1 atom stereocenters. The third-order valence-electron chi connectivity index (χ3n) is 3.59. The number of nitrogens with one attached hydrogen (secondary N) is 1. The average molecular weight is 289 g/mol. The molecule has 0 saturated carbocycles. The lowest BCUT2D eigenvalue weighted by Crippen LogP contribution is -2.21. The predicted octanol–water partition coefficient (Wildman–Crippen LogP) is 5.08. The van der Waals surface area contributed by atoms with E-state index in [1.165, 1.54) is 18.2 Å². The Balaban J connectivity index is 2.37. The zero-order valence-electron chi connectivity index (χ0n) is 12.5. The summed E-state index contributed by atoms with van der Waals surface area (Å²) in [6.45, 7) is 5.14. The molecule has 0 saturated heterocycles. The molecule has 0 spiro atoms. The van der Waals surface area contributed by atoms with Crippen molar-refractivity contribution < 1.29 is 8.78 Å². The largest absolute Gasteiger partial charge is 0.310 e. The summed E-state index contributed by atoms with van der Waals surface area (Å²) in [6, 6.07) is 11.6. The molecule has 2 aromatic carbocycles. The van der Waals surface area contributed by atoms with E-state index in [2.05, 4.69) is 19.2 Å². The minimum atomic E-state index is -0.526. The predicted molar refractivity (Wildman–Crippen MR) is 83.1 cm³/mol. The average Bonchev–Trinajstić information content (AvgIpc) is 2.48. The summed E-state index contributed by atoms with van der Waals surface area (Å²) < 4.78 is 27.8. The van der Waals surface area contributed by atoms with Crippen LogP contribution in [0.1, 0.15) is 38.3 Å². The smallest absolute Gasteiger partial charge is 0.133 e. The van der Waals surface area contributed by atoms with E-state index in [-0.39, 0.29) is 11.6 Å². The van der Waals surface area contributed by atoms with E-state index >= 15 is 0 Å². The molecule has 0 radical (unpaired) electrons. The van der Waals surface area contributed by atoms with Crippen LogP contribution in [0.25, 0.3) is 11.1 Å². The van der Waals surface area contributed by atoms with Crippen molar-refractivity contribution in [2.24, 2.45) is 0 Å². The molecule has 0 aromatic heterocycles. The van der Waals surface area contributed by atoms with Crippen LogP contribution in [-0.4, -0.2) is 6.54 Å². The van der Waals surface area contributed by atoms with E-state index in [0.29, 0.717) is 5.56 Å². The molecular weight excluding hydrogens is 268 g/mol. The van der Waals surface area contributed by atoms with Gasteiger partial charge in [0, 0.05) is 6.04 Å². The third-order valence-corrected chi connectivity index (χ3v) is 3.59. The van der Waals surface area contributed by atoms with Gasteiger partial charge in [-0.25, -0.2) is 8.78 Å². The molecule has 2 aromatic rings. The Morgan fingerprint density at radius 1 is 1.00 bits per heavy atom. The molecule has 0 aliphatic heterocycles. The summed E-state index contributed by atoms with van der Waals surface area (Å²) in [7, 11) is 0. The highest BCUT2D eigenvalue weighted by atomic mass is 19.1. The number of hydrogen-bond acceptors (Lipinski definition) is 1. The van der Waals surface area contributed by atoms with Gasteiger partial charge < -0.3 is 5.32 Å². The number of benzene rings is 2. The Kier molecular flexibility index (Phi) is 5.45. The van der Waals surface area contributed by atoms with E-state index < -0.39 is 11.6 Å². The van der Waals surface area contributed by atoms with E-state index in [1.54, 1.807) is 6.07 Å². The molecule has 0 aliphatic rings. The van der Waals surface area contributed by atoms with Crippen LogP contribution in [0.4, 0.5) is 8.78 Å². The molecule has 1 unspecified atom stereocenters. The molecule has 0 fully saturated rings. The normalized spacial score (nSPS) is 12.4. The van der Waals surface area contributed by atoms with Crippen molar-refractivity contribution in [1.29, 1.82) is 0 Å². The molecule has 1 nitrogen and oxygen atoms in total. The number of hydrogen-bond donors (Lipinski definition) is 1. The van der Waals surface area contributed by atoms with Crippen molar-refractivity contribution in [3.05, 3.63) is 59.7 Å². The summed E-state index contributed by atoms with van der Waals surface area (Å²) in [5.74, 6) is -1.05. The Labute approximate surface area is 125 Å². The zero-order chi connectivity index (χ0) is 15.2. The topological polar surface area (TPSA) is 12.0 Å². The molecule has 3 heteroatoms. The van der Waals surface area contributed by atoms with Gasteiger partial charge in [0.15, 0.2) is 0 Å². The van der Waals surface area contributed by atoms with Crippen molar-refractivity contribution in [2.45, 2.75) is 32.7 Å². The molecular formula is C18H21F2N. The van der Waals surface area contributed by atoms with Crippen LogP contribution in [0, 0.1) is 11.6 Å². The molecule has 0 amide bonds. The first kappa shape index (κ1) is 15.6. The second-order valence-electron chi connectivity index (χ2n) is 5.14. The number of halogens is 2. The summed E-state index contributed by atoms with van der Waals surface area (Å²) in [5.41, 5.74) is 1.69. The lowest BCUT2D eigenvalue weighted by atomic mass is 9.97. The van der Waals surface area contributed by atoms with E-state index in [4.69, 9.17) is 0 Å². The van der Waals surface area contributed by atoms with Crippen LogP contribution in [0.2, 0.25) is 0 Å². The molecule has 112 valence electrons. The van der Waals surface area contributed by atoms with Crippen LogP contribution in [0.3, 0.4) is 0 Å². The Hall–Kier alpha value is -1.74. The molecule has 0 aliphatic carbocycles. The van der Waals surface area contributed by atoms with Gasteiger partial charge in [0.05, 0.1) is 5.56 Å². The lowest BCUT2D eigenvalue weighted by Gasteiger charge is -2.18. The van der Waals surface area contributed by atoms with E-state index in [9.17, 15) is 8.78 Å². The second-order valence-corrected chi connectivity index (χ2v) is 5.14. The standard InChI is InChI=1S/C18H21F2N/c1-3-11-21-17(4-2)13-7-5-8-14(12-13)18-15(19)9-6-10-16(18)20/h5-10,12,17,21H,3-4,11H2,1-2H3. The molecule has 1 N–H and O–H groups in total. The quantitative estimate of drug-likeness (QED) is 0.781. The molecule has 2 rings (SSSR count). The van der Waals surface area contributed by atoms with Gasteiger partial charge in [0.25, 0.3) is 0 Å². The highest BCUT2D eigenvalue weighted by Gasteiger charge is 2.13. The van der Waals surface area contributed by atoms with Gasteiger partial charge in [0.1, 0.15) is 11.6 Å². The van der Waals surface area contributed by atoms with Crippen molar-refractivity contribution in [3.63, 3.8) is 0 Å². The van der Waals surface area contributed by atoms with Gasteiger partial charge in [-0.1, -0.05) is 38.1 Å². The Morgan fingerprint density at radius 2 is 1.67 bits per heavy atom. The van der Waals surface area contributed by atoms with Gasteiger partial charge >= 0.3 is 0 Å². The molecule has 0 bridgehead atoms. The van der Waals surface area contributed by atoms with Crippen LogP contribution in [0.5, 0.6) is 0 Å². The summed E-state index contributed by atoms with van der Waals surface area (Å²) in [5, 5.41) is 3.46. The first-order chi connectivity index (χ1) is 10.2. The molecule has 21 heavy (non-hydrogen) atoms. The van der Waals surface area contributed by atoms with E-state index in [1.807, 2.05) is 18.2 Å². The van der Waals surface area contributed by atoms with Crippen LogP contribution < -0.4 is 5.32 Å². The maximum atomic E-state index is 13.9. The maximum absolute atomic E-state index is 13.9. The number of rotatable bonds is 6. The zero-order valence-corrected chi connectivity index (χ0v) is 12.5. The van der Waals surface area contributed by atoms with Crippen LogP contribution >= 0.6 is 0 Å². The Morgan fingerprint density at radius 3 is 2.29 bits per heavy atom. The van der Waals surface area contributed by atoms with Crippen LogP contribution in [0.15, 0.2) is 42.5 Å². The Bertz CT molecular complexity index is 575. The SMILES string of the molecule is CCCNC(CC)c1cccc(-c2c(F)cccc2F)c1. The lowest BCUT2D eigenvalue weighted by molar-refractivity contribution is 0.518. The monoisotopic (exact) mass is 289 g/mol. The van der Waals surface area contributed by atoms with Gasteiger partial charge in [-0.2, -0.15) is 0 Å². The third kappa shape index (κ3) is 3.67. The highest BCUT2D eigenvalue weighted by Crippen LogP contribution is 2.28. The first-order valence-electron chi connectivity index (χ1n) is 7.45. The van der Waals surface area contributed by atoms with Crippen molar-refractivity contribution in [2.75, 3.05) is 6.54 Å². The highest BCUT2D eigenvalue weighted by molar-refractivity contribution is 5.65. The fourth-order valence-electron chi connectivity index (χ4n) is 2.50. The minimum absolute atomic E-state index is 0.0460. The minimum Gasteiger partial charge on any atom is -0.310 e. The summed E-state index contributed by atoms with van der Waals surface area (Å²) >= 11 is 0. The first-order valence-corrected chi connectivity index (χ1v) is 7.45. The van der Waals surface area contributed by atoms with Gasteiger partial charge in [-0.15, -0.1) is 0 Å². The van der Waals surface area contributed by atoms with Crippen molar-refractivity contribution in [1.82, 2.24) is 5.32 Å². The molecule has 0 heterocycles. The summed E-state index contributed by atoms with van der Waals surface area (Å²) in [6.07, 6.45) is 1.99. The fraction of sp³-hybridized carbons (Fsp3) is 0.333. The fourth-order valence-corrected chi connectivity index (χ4v) is 2.50.